The van der Waals surface area contributed by atoms with Crippen LogP contribution in [-0.2, 0) is 23.8 Å². The van der Waals surface area contributed by atoms with Crippen LogP contribution in [0, 0.1) is 0 Å². The lowest BCUT2D eigenvalue weighted by Crippen LogP contribution is -2.13. The first-order valence-electron chi connectivity index (χ1n) is 6.30. The Bertz CT molecular complexity index is 252. The van der Waals surface area contributed by atoms with Crippen molar-refractivity contribution in [1.29, 1.82) is 0 Å². The van der Waals surface area contributed by atoms with Crippen LogP contribution in [0.2, 0.25) is 0 Å². The van der Waals surface area contributed by atoms with E-state index in [4.69, 9.17) is 24.4 Å². The molecular formula is C12H28N2O7. The second kappa shape index (κ2) is 18.7. The van der Waals surface area contributed by atoms with Gasteiger partial charge in [-0.05, 0) is 12.8 Å². The van der Waals surface area contributed by atoms with Crippen LogP contribution in [0.15, 0.2) is 0 Å². The van der Waals surface area contributed by atoms with Crippen LogP contribution < -0.4 is 12.3 Å². The van der Waals surface area contributed by atoms with Crippen molar-refractivity contribution in [2.24, 2.45) is 0 Å². The summed E-state index contributed by atoms with van der Waals surface area (Å²) in [5, 5.41) is 16.8. The molecule has 0 spiro atoms. The van der Waals surface area contributed by atoms with Crippen molar-refractivity contribution in [1.82, 2.24) is 12.3 Å². The average Bonchev–Trinajstić information content (AvgIpc) is 2.37. The van der Waals surface area contributed by atoms with E-state index in [-0.39, 0.29) is 50.9 Å². The molecule has 0 saturated heterocycles. The van der Waals surface area contributed by atoms with Gasteiger partial charge in [-0.15, -0.1) is 0 Å². The molecule has 0 radical (unpaired) electrons. The van der Waals surface area contributed by atoms with Crippen molar-refractivity contribution in [3.05, 3.63) is 0 Å². The zero-order valence-corrected chi connectivity index (χ0v) is 12.4. The normalized spacial score (nSPS) is 9.38. The lowest BCUT2D eigenvalue weighted by Gasteiger charge is -2.06. The standard InChI is InChI=1S/C12H22O7.2H3N/c13-5-6-17-7-8-18-9-10-19-12(16)4-2-1-3-11(14)15;;/h13H,1-10H2,(H,14,15);2*1H3. The molecular weight excluding hydrogens is 284 g/mol. The first-order valence-corrected chi connectivity index (χ1v) is 6.30. The minimum atomic E-state index is -0.856. The second-order valence-corrected chi connectivity index (χ2v) is 3.77. The van der Waals surface area contributed by atoms with Crippen LogP contribution in [0.3, 0.4) is 0 Å². The van der Waals surface area contributed by atoms with Crippen molar-refractivity contribution >= 4 is 11.9 Å². The summed E-state index contributed by atoms with van der Waals surface area (Å²) in [6, 6.07) is 0. The Kier molecular flexibility index (Phi) is 22.1. The van der Waals surface area contributed by atoms with E-state index in [1.54, 1.807) is 0 Å². The number of aliphatic hydroxyl groups is 1. The fourth-order valence-corrected chi connectivity index (χ4v) is 1.22. The van der Waals surface area contributed by atoms with Gasteiger partial charge in [0.1, 0.15) is 6.61 Å². The molecule has 0 aliphatic rings. The number of aliphatic carboxylic acids is 1. The summed E-state index contributed by atoms with van der Waals surface area (Å²) in [5.74, 6) is -1.20. The monoisotopic (exact) mass is 312 g/mol. The Balaban J connectivity index is -0.00000162. The largest absolute Gasteiger partial charge is 0.481 e. The summed E-state index contributed by atoms with van der Waals surface area (Å²) in [6.45, 7) is 1.52. The average molecular weight is 312 g/mol. The number of unbranched alkanes of at least 4 members (excludes halogenated alkanes) is 1. The van der Waals surface area contributed by atoms with Crippen molar-refractivity contribution in [3.63, 3.8) is 0 Å². The maximum atomic E-state index is 11.2. The van der Waals surface area contributed by atoms with Gasteiger partial charge < -0.3 is 36.7 Å². The van der Waals surface area contributed by atoms with Crippen LogP contribution in [-0.4, -0.2) is 61.8 Å². The molecule has 0 rings (SSSR count). The molecule has 8 N–H and O–H groups in total. The molecule has 21 heavy (non-hydrogen) atoms. The first-order chi connectivity index (χ1) is 9.16. The van der Waals surface area contributed by atoms with Gasteiger partial charge in [0.05, 0.1) is 33.0 Å². The SMILES string of the molecule is N.N.O=C(O)CCCCC(=O)OCCOCCOCCO. The van der Waals surface area contributed by atoms with E-state index in [0.29, 0.717) is 32.7 Å². The van der Waals surface area contributed by atoms with E-state index < -0.39 is 5.97 Å². The highest BCUT2D eigenvalue weighted by molar-refractivity contribution is 5.69. The van der Waals surface area contributed by atoms with Crippen LogP contribution in [0.4, 0.5) is 0 Å². The molecule has 0 fully saturated rings. The van der Waals surface area contributed by atoms with Crippen LogP contribution >= 0.6 is 0 Å². The maximum absolute atomic E-state index is 11.2. The summed E-state index contributed by atoms with van der Waals surface area (Å²) >= 11 is 0. The van der Waals surface area contributed by atoms with Crippen LogP contribution in [0.5, 0.6) is 0 Å². The molecule has 0 aliphatic carbocycles. The zero-order valence-electron chi connectivity index (χ0n) is 12.4. The third-order valence-electron chi connectivity index (χ3n) is 2.12. The van der Waals surface area contributed by atoms with E-state index in [1.165, 1.54) is 0 Å². The molecule has 0 heterocycles. The molecule has 0 atom stereocenters. The number of ether oxygens (including phenoxy) is 3. The Hall–Kier alpha value is -1.26. The fraction of sp³-hybridized carbons (Fsp3) is 0.833. The molecule has 0 unspecified atom stereocenters. The number of hydrogen-bond acceptors (Lipinski definition) is 8. The summed E-state index contributed by atoms with van der Waals surface area (Å²) < 4.78 is 15.0. The van der Waals surface area contributed by atoms with E-state index in [0.717, 1.165) is 0 Å². The topological polar surface area (TPSA) is 172 Å². The van der Waals surface area contributed by atoms with Crippen LogP contribution in [0.1, 0.15) is 25.7 Å². The van der Waals surface area contributed by atoms with Gasteiger partial charge in [0.2, 0.25) is 0 Å². The van der Waals surface area contributed by atoms with Gasteiger partial charge in [-0.2, -0.15) is 0 Å². The highest BCUT2D eigenvalue weighted by atomic mass is 16.6. The number of aliphatic hydroxyl groups excluding tert-OH is 1. The highest BCUT2D eigenvalue weighted by Gasteiger charge is 2.03. The quantitative estimate of drug-likeness (QED) is 0.279. The summed E-state index contributed by atoms with van der Waals surface area (Å²) in [5.41, 5.74) is 0. The molecule has 9 heteroatoms. The second-order valence-electron chi connectivity index (χ2n) is 3.77. The third-order valence-corrected chi connectivity index (χ3v) is 2.12. The van der Waals surface area contributed by atoms with Gasteiger partial charge in [0.15, 0.2) is 0 Å². The number of carboxylic acid groups (broad SMARTS) is 1. The van der Waals surface area contributed by atoms with Gasteiger partial charge in [-0.3, -0.25) is 9.59 Å². The zero-order chi connectivity index (χ0) is 14.3. The van der Waals surface area contributed by atoms with Crippen molar-refractivity contribution in [2.45, 2.75) is 25.7 Å². The molecule has 0 saturated carbocycles. The molecule has 0 bridgehead atoms. The number of rotatable bonds is 13. The number of hydrogen-bond donors (Lipinski definition) is 4. The fourth-order valence-electron chi connectivity index (χ4n) is 1.22. The predicted octanol–water partition coefficient (Wildman–Crippen LogP) is 0.524. The van der Waals surface area contributed by atoms with Crippen molar-refractivity contribution in [3.8, 4) is 0 Å². The van der Waals surface area contributed by atoms with Gasteiger partial charge in [0, 0.05) is 12.8 Å². The Morgan fingerprint density at radius 2 is 1.33 bits per heavy atom. The summed E-state index contributed by atoms with van der Waals surface area (Å²) in [6.07, 6.45) is 1.29. The third kappa shape index (κ3) is 21.2. The molecule has 128 valence electrons. The van der Waals surface area contributed by atoms with Gasteiger partial charge in [-0.25, -0.2) is 0 Å². The van der Waals surface area contributed by atoms with Crippen molar-refractivity contribution in [2.75, 3.05) is 39.6 Å². The number of carbonyl (C=O) groups is 2. The Morgan fingerprint density at radius 3 is 1.90 bits per heavy atom. The van der Waals surface area contributed by atoms with E-state index >= 15 is 0 Å². The number of carbonyl (C=O) groups excluding carboxylic acids is 1. The molecule has 0 amide bonds. The molecule has 0 aromatic heterocycles. The van der Waals surface area contributed by atoms with Crippen LogP contribution in [0.25, 0.3) is 0 Å². The smallest absolute Gasteiger partial charge is 0.305 e. The molecule has 0 aromatic carbocycles. The number of esters is 1. The lowest BCUT2D eigenvalue weighted by atomic mass is 10.2. The van der Waals surface area contributed by atoms with E-state index in [9.17, 15) is 9.59 Å². The van der Waals surface area contributed by atoms with Crippen molar-refractivity contribution < 1.29 is 34.0 Å². The van der Waals surface area contributed by atoms with E-state index in [2.05, 4.69) is 0 Å². The van der Waals surface area contributed by atoms with Gasteiger partial charge >= 0.3 is 11.9 Å². The molecule has 9 nitrogen and oxygen atoms in total. The summed E-state index contributed by atoms with van der Waals surface area (Å²) in [7, 11) is 0. The summed E-state index contributed by atoms with van der Waals surface area (Å²) in [4.78, 5) is 21.4. The highest BCUT2D eigenvalue weighted by Crippen LogP contribution is 2.01. The lowest BCUT2D eigenvalue weighted by molar-refractivity contribution is -0.146. The van der Waals surface area contributed by atoms with Gasteiger partial charge in [0.25, 0.3) is 0 Å². The van der Waals surface area contributed by atoms with Gasteiger partial charge in [-0.1, -0.05) is 0 Å². The number of carboxylic acids is 1. The molecule has 0 aromatic rings. The first kappa shape index (κ1) is 24.7. The predicted molar refractivity (Wildman–Crippen MR) is 75.8 cm³/mol. The minimum absolute atomic E-state index is 0. The maximum Gasteiger partial charge on any atom is 0.305 e. The Labute approximate surface area is 124 Å². The molecule has 0 aliphatic heterocycles. The minimum Gasteiger partial charge on any atom is -0.481 e. The van der Waals surface area contributed by atoms with E-state index in [1.807, 2.05) is 0 Å². The Morgan fingerprint density at radius 1 is 0.810 bits per heavy atom.